The van der Waals surface area contributed by atoms with Gasteiger partial charge >= 0.3 is 11.7 Å². The molecule has 2 N–H and O–H groups in total. The molecule has 0 saturated heterocycles. The molecule has 18 heavy (non-hydrogen) atoms. The van der Waals surface area contributed by atoms with E-state index in [1.54, 1.807) is 0 Å². The number of nitrogens with one attached hydrogen (secondary N) is 1. The zero-order valence-corrected chi connectivity index (χ0v) is 11.5. The molecule has 0 radical (unpaired) electrons. The molecular weight excluding hydrogens is 254 g/mol. The molecule has 0 aromatic carbocycles. The highest BCUT2D eigenvalue weighted by Gasteiger charge is 2.10. The van der Waals surface area contributed by atoms with Crippen molar-refractivity contribution in [2.75, 3.05) is 5.75 Å². The van der Waals surface area contributed by atoms with Gasteiger partial charge in [0.2, 0.25) is 0 Å². The molecule has 1 heterocycles. The molecule has 0 aliphatic carbocycles. The summed E-state index contributed by atoms with van der Waals surface area (Å²) in [6.45, 7) is 4.92. The number of carbonyl (C=O) groups is 1. The normalized spacial score (nSPS) is 11.1. The van der Waals surface area contributed by atoms with Crippen molar-refractivity contribution in [1.29, 1.82) is 0 Å². The third kappa shape index (κ3) is 4.95. The van der Waals surface area contributed by atoms with Gasteiger partial charge in [-0.25, -0.2) is 9.89 Å². The number of carboxylic acids is 1. The molecule has 1 aromatic rings. The maximum Gasteiger partial charge on any atom is 0.343 e. The molecule has 0 atom stereocenters. The lowest BCUT2D eigenvalue weighted by Gasteiger charge is -2.06. The predicted molar refractivity (Wildman–Crippen MR) is 69.9 cm³/mol. The number of thioether (sulfide) groups is 1. The Balaban J connectivity index is 2.50. The summed E-state index contributed by atoms with van der Waals surface area (Å²) >= 11 is 1.06. The van der Waals surface area contributed by atoms with Crippen LogP contribution < -0.4 is 5.69 Å². The minimum Gasteiger partial charge on any atom is -0.481 e. The zero-order chi connectivity index (χ0) is 13.5. The van der Waals surface area contributed by atoms with Crippen LogP contribution in [0.15, 0.2) is 9.95 Å². The SMILES string of the molecule is CC(C)CCCCn1c(SCC(=O)O)n[nH]c1=O. The van der Waals surface area contributed by atoms with E-state index >= 15 is 0 Å². The van der Waals surface area contributed by atoms with Crippen molar-refractivity contribution in [3.05, 3.63) is 10.5 Å². The Bertz CT molecular complexity index is 439. The second-order valence-corrected chi connectivity index (χ2v) is 5.48. The monoisotopic (exact) mass is 273 g/mol. The first-order chi connectivity index (χ1) is 8.50. The number of hydrogen-bond acceptors (Lipinski definition) is 4. The number of aromatic nitrogens is 3. The molecule has 1 rings (SSSR count). The first-order valence-corrected chi connectivity index (χ1v) is 6.99. The maximum absolute atomic E-state index is 11.5. The molecule has 7 heteroatoms. The van der Waals surface area contributed by atoms with Crippen molar-refractivity contribution in [3.8, 4) is 0 Å². The van der Waals surface area contributed by atoms with Gasteiger partial charge in [-0.05, 0) is 12.3 Å². The highest BCUT2D eigenvalue weighted by atomic mass is 32.2. The fourth-order valence-electron chi connectivity index (χ4n) is 1.56. The Kier molecular flexibility index (Phi) is 5.97. The van der Waals surface area contributed by atoms with Gasteiger partial charge in [0.1, 0.15) is 0 Å². The number of aromatic amines is 1. The molecule has 0 aliphatic heterocycles. The fraction of sp³-hybridized carbons (Fsp3) is 0.727. The van der Waals surface area contributed by atoms with Crippen LogP contribution >= 0.6 is 11.8 Å². The third-order valence-electron chi connectivity index (χ3n) is 2.46. The van der Waals surface area contributed by atoms with Crippen LogP contribution in [0.1, 0.15) is 33.1 Å². The number of unbranched alkanes of at least 4 members (excludes halogenated alkanes) is 1. The van der Waals surface area contributed by atoms with Gasteiger partial charge in [0.15, 0.2) is 5.16 Å². The molecule has 1 aromatic heterocycles. The Morgan fingerprint density at radius 2 is 2.22 bits per heavy atom. The molecule has 0 saturated carbocycles. The lowest BCUT2D eigenvalue weighted by Crippen LogP contribution is -2.18. The van der Waals surface area contributed by atoms with Crippen LogP contribution in [0.3, 0.4) is 0 Å². The van der Waals surface area contributed by atoms with Crippen molar-refractivity contribution >= 4 is 17.7 Å². The average molecular weight is 273 g/mol. The van der Waals surface area contributed by atoms with E-state index in [1.165, 1.54) is 4.57 Å². The molecule has 0 fully saturated rings. The lowest BCUT2D eigenvalue weighted by atomic mass is 10.1. The van der Waals surface area contributed by atoms with Crippen LogP contribution in [0.5, 0.6) is 0 Å². The van der Waals surface area contributed by atoms with E-state index in [2.05, 4.69) is 24.0 Å². The van der Waals surface area contributed by atoms with Gasteiger partial charge in [-0.1, -0.05) is 38.5 Å². The molecular formula is C11H19N3O3S. The minimum atomic E-state index is -0.915. The topological polar surface area (TPSA) is 88.0 Å². The third-order valence-corrected chi connectivity index (χ3v) is 3.42. The van der Waals surface area contributed by atoms with Crippen LogP contribution in [0.25, 0.3) is 0 Å². The van der Waals surface area contributed by atoms with Crippen LogP contribution in [-0.2, 0) is 11.3 Å². The smallest absolute Gasteiger partial charge is 0.343 e. The number of nitrogens with zero attached hydrogens (tertiary/aromatic N) is 2. The van der Waals surface area contributed by atoms with Crippen LogP contribution in [0, 0.1) is 5.92 Å². The second-order valence-electron chi connectivity index (χ2n) is 4.54. The van der Waals surface area contributed by atoms with E-state index in [0.29, 0.717) is 17.6 Å². The van der Waals surface area contributed by atoms with Gasteiger partial charge in [0, 0.05) is 6.54 Å². The average Bonchev–Trinajstić information content (AvgIpc) is 2.63. The van der Waals surface area contributed by atoms with Gasteiger partial charge in [0.05, 0.1) is 5.75 Å². The summed E-state index contributed by atoms with van der Waals surface area (Å²) in [6.07, 6.45) is 3.08. The van der Waals surface area contributed by atoms with E-state index in [-0.39, 0.29) is 11.4 Å². The van der Waals surface area contributed by atoms with E-state index in [4.69, 9.17) is 5.11 Å². The lowest BCUT2D eigenvalue weighted by molar-refractivity contribution is -0.133. The van der Waals surface area contributed by atoms with Crippen molar-refractivity contribution in [1.82, 2.24) is 14.8 Å². The van der Waals surface area contributed by atoms with Crippen LogP contribution in [0.4, 0.5) is 0 Å². The first-order valence-electron chi connectivity index (χ1n) is 6.00. The summed E-state index contributed by atoms with van der Waals surface area (Å²) in [7, 11) is 0. The van der Waals surface area contributed by atoms with Crippen molar-refractivity contribution < 1.29 is 9.90 Å². The van der Waals surface area contributed by atoms with Crippen molar-refractivity contribution in [3.63, 3.8) is 0 Å². The van der Waals surface area contributed by atoms with E-state index in [1.807, 2.05) is 0 Å². The van der Waals surface area contributed by atoms with E-state index < -0.39 is 5.97 Å². The second kappa shape index (κ2) is 7.25. The number of aliphatic carboxylic acids is 1. The highest BCUT2D eigenvalue weighted by molar-refractivity contribution is 7.99. The van der Waals surface area contributed by atoms with Gasteiger partial charge in [-0.3, -0.25) is 9.36 Å². The number of H-pyrrole nitrogens is 1. The Hall–Kier alpha value is -1.24. The molecule has 0 bridgehead atoms. The summed E-state index contributed by atoms with van der Waals surface area (Å²) < 4.78 is 1.51. The maximum atomic E-state index is 11.5. The number of rotatable bonds is 8. The summed E-state index contributed by atoms with van der Waals surface area (Å²) in [4.78, 5) is 22.0. The Labute approximate surface area is 110 Å². The Morgan fingerprint density at radius 3 is 2.83 bits per heavy atom. The Morgan fingerprint density at radius 1 is 1.50 bits per heavy atom. The summed E-state index contributed by atoms with van der Waals surface area (Å²) in [5, 5.41) is 15.2. The molecule has 0 aliphatic rings. The van der Waals surface area contributed by atoms with Gasteiger partial charge < -0.3 is 5.11 Å². The summed E-state index contributed by atoms with van der Waals surface area (Å²) in [5.41, 5.74) is -0.271. The van der Waals surface area contributed by atoms with Crippen molar-refractivity contribution in [2.45, 2.75) is 44.8 Å². The number of carboxylic acid groups (broad SMARTS) is 1. The van der Waals surface area contributed by atoms with Gasteiger partial charge in [0.25, 0.3) is 0 Å². The van der Waals surface area contributed by atoms with Gasteiger partial charge in [-0.15, -0.1) is 5.10 Å². The van der Waals surface area contributed by atoms with Crippen LogP contribution in [0.2, 0.25) is 0 Å². The van der Waals surface area contributed by atoms with Crippen LogP contribution in [-0.4, -0.2) is 31.6 Å². The summed E-state index contributed by atoms with van der Waals surface area (Å²) in [6, 6.07) is 0. The molecule has 102 valence electrons. The quantitative estimate of drug-likeness (QED) is 0.554. The largest absolute Gasteiger partial charge is 0.481 e. The molecule has 0 unspecified atom stereocenters. The van der Waals surface area contributed by atoms with E-state index in [9.17, 15) is 9.59 Å². The fourth-order valence-corrected chi connectivity index (χ4v) is 2.25. The van der Waals surface area contributed by atoms with E-state index in [0.717, 1.165) is 31.0 Å². The molecule has 6 nitrogen and oxygen atoms in total. The predicted octanol–water partition coefficient (Wildman–Crippen LogP) is 1.57. The molecule has 0 amide bonds. The standard InChI is InChI=1S/C11H19N3O3S/c1-8(2)5-3-4-6-14-10(17)12-13-11(14)18-7-9(15)16/h8H,3-7H2,1-2H3,(H,12,17)(H,15,16). The zero-order valence-electron chi connectivity index (χ0n) is 10.7. The molecule has 0 spiro atoms. The summed E-state index contributed by atoms with van der Waals surface area (Å²) in [5.74, 6) is -0.343. The first kappa shape index (κ1) is 14.8. The van der Waals surface area contributed by atoms with Crippen molar-refractivity contribution in [2.24, 2.45) is 5.92 Å². The highest BCUT2D eigenvalue weighted by Crippen LogP contribution is 2.14. The number of hydrogen-bond donors (Lipinski definition) is 2. The minimum absolute atomic E-state index is 0.0870. The van der Waals surface area contributed by atoms with Gasteiger partial charge in [-0.2, -0.15) is 0 Å².